The minimum Gasteiger partial charge on any atom is -0.384 e. The second-order valence-corrected chi connectivity index (χ2v) is 5.91. The van der Waals surface area contributed by atoms with Crippen LogP contribution in [0, 0.1) is 11.8 Å². The second kappa shape index (κ2) is 8.26. The number of thiophene rings is 1. The predicted molar refractivity (Wildman–Crippen MR) is 82.8 cm³/mol. The van der Waals surface area contributed by atoms with E-state index in [9.17, 15) is 4.79 Å². The minimum absolute atomic E-state index is 0.0363. The summed E-state index contributed by atoms with van der Waals surface area (Å²) in [7, 11) is 1.85. The summed E-state index contributed by atoms with van der Waals surface area (Å²) in [5, 5.41) is 10.5. The van der Waals surface area contributed by atoms with Crippen LogP contribution in [0.15, 0.2) is 11.4 Å². The maximum absolute atomic E-state index is 12.3. The first kappa shape index (κ1) is 16.1. The predicted octanol–water partition coefficient (Wildman–Crippen LogP) is 2.31. The van der Waals surface area contributed by atoms with Gasteiger partial charge in [-0.1, -0.05) is 18.8 Å². The molecule has 1 amide bonds. The van der Waals surface area contributed by atoms with E-state index in [0.29, 0.717) is 5.56 Å². The summed E-state index contributed by atoms with van der Waals surface area (Å²) in [4.78, 5) is 14.9. The van der Waals surface area contributed by atoms with E-state index in [4.69, 9.17) is 5.11 Å². The normalized spacial score (nSPS) is 11.6. The van der Waals surface area contributed by atoms with E-state index < -0.39 is 0 Å². The van der Waals surface area contributed by atoms with Gasteiger partial charge in [-0.2, -0.15) is 11.8 Å². The standard InChI is InChI=1S/C14H19NO2S2/c1-4-12(10-18-3)15(2)14(17)11-8-13(19-9-11)6-5-7-16/h8-9,12,16H,4,7,10H2,1-3H3. The summed E-state index contributed by atoms with van der Waals surface area (Å²) in [6.45, 7) is 1.93. The Balaban J connectivity index is 2.78. The number of hydrogen-bond acceptors (Lipinski definition) is 4. The van der Waals surface area contributed by atoms with Gasteiger partial charge in [0, 0.05) is 24.2 Å². The van der Waals surface area contributed by atoms with E-state index in [-0.39, 0.29) is 18.6 Å². The molecule has 1 aromatic rings. The van der Waals surface area contributed by atoms with Crippen molar-refractivity contribution in [1.29, 1.82) is 0 Å². The molecule has 1 N–H and O–H groups in total. The lowest BCUT2D eigenvalue weighted by Gasteiger charge is -2.26. The fourth-order valence-electron chi connectivity index (χ4n) is 1.71. The van der Waals surface area contributed by atoms with E-state index in [1.807, 2.05) is 23.6 Å². The Morgan fingerprint density at radius 2 is 2.37 bits per heavy atom. The molecule has 0 aliphatic rings. The van der Waals surface area contributed by atoms with Crippen LogP contribution in [-0.2, 0) is 0 Å². The second-order valence-electron chi connectivity index (χ2n) is 4.09. The van der Waals surface area contributed by atoms with Gasteiger partial charge in [0.15, 0.2) is 0 Å². The van der Waals surface area contributed by atoms with Gasteiger partial charge in [0.05, 0.1) is 10.4 Å². The maximum Gasteiger partial charge on any atom is 0.254 e. The number of rotatable bonds is 5. The Hall–Kier alpha value is -0.960. The molecule has 104 valence electrons. The van der Waals surface area contributed by atoms with Gasteiger partial charge in [0.2, 0.25) is 0 Å². The van der Waals surface area contributed by atoms with Crippen LogP contribution in [0.3, 0.4) is 0 Å². The molecule has 0 fully saturated rings. The summed E-state index contributed by atoms with van der Waals surface area (Å²) in [6.07, 6.45) is 3.00. The summed E-state index contributed by atoms with van der Waals surface area (Å²) >= 11 is 3.18. The fourth-order valence-corrected chi connectivity index (χ4v) is 3.30. The molecule has 0 aliphatic heterocycles. The van der Waals surface area contributed by atoms with Crippen LogP contribution >= 0.6 is 23.1 Å². The van der Waals surface area contributed by atoms with E-state index in [1.165, 1.54) is 11.3 Å². The Labute approximate surface area is 123 Å². The number of carbonyl (C=O) groups is 1. The number of thioether (sulfide) groups is 1. The lowest BCUT2D eigenvalue weighted by Crippen LogP contribution is -2.38. The summed E-state index contributed by atoms with van der Waals surface area (Å²) in [5.74, 6) is 6.39. The third kappa shape index (κ3) is 4.57. The van der Waals surface area contributed by atoms with Crippen molar-refractivity contribution in [1.82, 2.24) is 4.90 Å². The van der Waals surface area contributed by atoms with Crippen molar-refractivity contribution in [3.8, 4) is 11.8 Å². The minimum atomic E-state index is -0.160. The molecular weight excluding hydrogens is 278 g/mol. The van der Waals surface area contributed by atoms with Gasteiger partial charge >= 0.3 is 0 Å². The highest BCUT2D eigenvalue weighted by Gasteiger charge is 2.20. The third-order valence-electron chi connectivity index (χ3n) is 2.84. The molecule has 19 heavy (non-hydrogen) atoms. The molecule has 5 heteroatoms. The highest BCUT2D eigenvalue weighted by Crippen LogP contribution is 2.18. The van der Waals surface area contributed by atoms with Crippen LogP contribution in [-0.4, -0.2) is 47.6 Å². The smallest absolute Gasteiger partial charge is 0.254 e. The van der Waals surface area contributed by atoms with Gasteiger partial charge in [0.1, 0.15) is 6.61 Å². The Morgan fingerprint density at radius 1 is 1.63 bits per heavy atom. The molecule has 0 saturated heterocycles. The summed E-state index contributed by atoms with van der Waals surface area (Å²) in [6, 6.07) is 2.05. The van der Waals surface area contributed by atoms with Crippen LogP contribution in [0.2, 0.25) is 0 Å². The molecule has 1 rings (SSSR count). The molecule has 0 aliphatic carbocycles. The van der Waals surface area contributed by atoms with Crippen molar-refractivity contribution in [2.24, 2.45) is 0 Å². The zero-order valence-electron chi connectivity index (χ0n) is 11.5. The highest BCUT2D eigenvalue weighted by atomic mass is 32.2. The molecule has 0 radical (unpaired) electrons. The molecule has 0 aromatic carbocycles. The van der Waals surface area contributed by atoms with Crippen LogP contribution in [0.5, 0.6) is 0 Å². The van der Waals surface area contributed by atoms with Crippen molar-refractivity contribution < 1.29 is 9.90 Å². The molecule has 1 atom stereocenters. The van der Waals surface area contributed by atoms with Crippen molar-refractivity contribution in [3.63, 3.8) is 0 Å². The van der Waals surface area contributed by atoms with E-state index in [2.05, 4.69) is 18.8 Å². The van der Waals surface area contributed by atoms with Gasteiger partial charge in [-0.05, 0) is 18.7 Å². The molecular formula is C14H19NO2S2. The third-order valence-corrected chi connectivity index (χ3v) is 4.40. The average Bonchev–Trinajstić information content (AvgIpc) is 2.89. The molecule has 3 nitrogen and oxygen atoms in total. The van der Waals surface area contributed by atoms with Gasteiger partial charge in [-0.3, -0.25) is 4.79 Å². The number of hydrogen-bond donors (Lipinski definition) is 1. The van der Waals surface area contributed by atoms with Crippen LogP contribution < -0.4 is 0 Å². The van der Waals surface area contributed by atoms with E-state index in [0.717, 1.165) is 17.1 Å². The van der Waals surface area contributed by atoms with Crippen LogP contribution in [0.1, 0.15) is 28.6 Å². The molecule has 1 unspecified atom stereocenters. The largest absolute Gasteiger partial charge is 0.384 e. The number of nitrogens with zero attached hydrogens (tertiary/aromatic N) is 1. The topological polar surface area (TPSA) is 40.5 Å². The van der Waals surface area contributed by atoms with Gasteiger partial charge < -0.3 is 10.0 Å². The molecule has 1 aromatic heterocycles. The average molecular weight is 297 g/mol. The zero-order valence-corrected chi connectivity index (χ0v) is 13.1. The lowest BCUT2D eigenvalue weighted by atomic mass is 10.2. The highest BCUT2D eigenvalue weighted by molar-refractivity contribution is 7.98. The summed E-state index contributed by atoms with van der Waals surface area (Å²) in [5.41, 5.74) is 0.675. The SMILES string of the molecule is CCC(CSC)N(C)C(=O)c1csc(C#CCO)c1. The first-order valence-electron chi connectivity index (χ1n) is 6.08. The monoisotopic (exact) mass is 297 g/mol. The lowest BCUT2D eigenvalue weighted by molar-refractivity contribution is 0.0744. The zero-order chi connectivity index (χ0) is 14.3. The Morgan fingerprint density at radius 3 is 2.95 bits per heavy atom. The number of aliphatic hydroxyl groups is 1. The number of aliphatic hydroxyl groups excluding tert-OH is 1. The Bertz CT molecular complexity index is 473. The molecule has 0 spiro atoms. The Kier molecular flexibility index (Phi) is 7.00. The fraction of sp³-hybridized carbons (Fsp3) is 0.500. The maximum atomic E-state index is 12.3. The van der Waals surface area contributed by atoms with Crippen molar-refractivity contribution in [2.45, 2.75) is 19.4 Å². The van der Waals surface area contributed by atoms with E-state index in [1.54, 1.807) is 17.8 Å². The molecule has 0 bridgehead atoms. The van der Waals surface area contributed by atoms with Crippen LogP contribution in [0.4, 0.5) is 0 Å². The first-order chi connectivity index (χ1) is 9.13. The van der Waals surface area contributed by atoms with Crippen LogP contribution in [0.25, 0.3) is 0 Å². The van der Waals surface area contributed by atoms with Crippen molar-refractivity contribution >= 4 is 29.0 Å². The molecule has 0 saturated carbocycles. The molecule has 1 heterocycles. The van der Waals surface area contributed by atoms with Crippen molar-refractivity contribution in [2.75, 3.05) is 25.7 Å². The van der Waals surface area contributed by atoms with Gasteiger partial charge in [0.25, 0.3) is 5.91 Å². The van der Waals surface area contributed by atoms with Crippen molar-refractivity contribution in [3.05, 3.63) is 21.9 Å². The quantitative estimate of drug-likeness (QED) is 0.848. The van der Waals surface area contributed by atoms with E-state index >= 15 is 0 Å². The van der Waals surface area contributed by atoms with Gasteiger partial charge in [-0.25, -0.2) is 0 Å². The number of carbonyl (C=O) groups excluding carboxylic acids is 1. The summed E-state index contributed by atoms with van der Waals surface area (Å²) < 4.78 is 0. The number of amides is 1. The first-order valence-corrected chi connectivity index (χ1v) is 8.35. The van der Waals surface area contributed by atoms with Gasteiger partial charge in [-0.15, -0.1) is 11.3 Å².